The molecule has 0 saturated carbocycles. The first-order valence-electron chi connectivity index (χ1n) is 7.89. The average molecular weight is 292 g/mol. The molecule has 0 aliphatic carbocycles. The van der Waals surface area contributed by atoms with Crippen molar-refractivity contribution >= 4 is 11.8 Å². The highest BCUT2D eigenvalue weighted by Crippen LogP contribution is 2.19. The van der Waals surface area contributed by atoms with Crippen LogP contribution >= 0.6 is 0 Å². The molecule has 2 fully saturated rings. The fourth-order valence-electron chi connectivity index (χ4n) is 2.96. The van der Waals surface area contributed by atoms with E-state index in [-0.39, 0.29) is 6.10 Å². The highest BCUT2D eigenvalue weighted by atomic mass is 16.5. The summed E-state index contributed by atoms with van der Waals surface area (Å²) in [5, 5.41) is 13.1. The van der Waals surface area contributed by atoms with E-state index in [1.54, 1.807) is 6.20 Å². The van der Waals surface area contributed by atoms with Crippen LogP contribution in [0.1, 0.15) is 25.7 Å². The molecule has 2 aliphatic heterocycles. The predicted molar refractivity (Wildman–Crippen MR) is 81.5 cm³/mol. The number of rotatable bonds is 4. The lowest BCUT2D eigenvalue weighted by molar-refractivity contribution is 0.0699. The van der Waals surface area contributed by atoms with Crippen LogP contribution in [0.5, 0.6) is 0 Å². The Labute approximate surface area is 125 Å². The Morgan fingerprint density at radius 3 is 3.00 bits per heavy atom. The number of hydrogen-bond donors (Lipinski definition) is 2. The van der Waals surface area contributed by atoms with Gasteiger partial charge < -0.3 is 20.1 Å². The third kappa shape index (κ3) is 4.04. The summed E-state index contributed by atoms with van der Waals surface area (Å²) >= 11 is 0. The smallest absolute Gasteiger partial charge is 0.224 e. The molecule has 2 N–H and O–H groups in total. The van der Waals surface area contributed by atoms with E-state index in [2.05, 4.69) is 20.2 Å². The monoisotopic (exact) mass is 292 g/mol. The minimum absolute atomic E-state index is 0.243. The zero-order valence-electron chi connectivity index (χ0n) is 12.4. The molecule has 1 aromatic heterocycles. The van der Waals surface area contributed by atoms with E-state index in [1.165, 1.54) is 0 Å². The molecule has 0 bridgehead atoms. The third-order valence-corrected chi connectivity index (χ3v) is 4.25. The number of anilines is 2. The SMILES string of the molecule is O[C@H]1CCCN(c2ccnc(NCC3CCOCC3)n2)C1. The van der Waals surface area contributed by atoms with Crippen LogP contribution in [0.25, 0.3) is 0 Å². The summed E-state index contributed by atoms with van der Waals surface area (Å²) in [6.45, 7) is 4.23. The number of aliphatic hydroxyl groups excluding tert-OH is 1. The van der Waals surface area contributed by atoms with Gasteiger partial charge in [-0.15, -0.1) is 0 Å². The van der Waals surface area contributed by atoms with E-state index in [9.17, 15) is 5.11 Å². The second kappa shape index (κ2) is 7.04. The minimum Gasteiger partial charge on any atom is -0.391 e. The molecule has 3 heterocycles. The second-order valence-electron chi connectivity index (χ2n) is 5.92. The van der Waals surface area contributed by atoms with Crippen molar-refractivity contribution in [1.29, 1.82) is 0 Å². The van der Waals surface area contributed by atoms with Crippen molar-refractivity contribution in [2.24, 2.45) is 5.92 Å². The van der Waals surface area contributed by atoms with E-state index in [1.807, 2.05) is 6.07 Å². The molecule has 6 heteroatoms. The quantitative estimate of drug-likeness (QED) is 0.871. The van der Waals surface area contributed by atoms with Gasteiger partial charge in [0.2, 0.25) is 5.95 Å². The van der Waals surface area contributed by atoms with E-state index < -0.39 is 0 Å². The van der Waals surface area contributed by atoms with Gasteiger partial charge in [-0.25, -0.2) is 4.98 Å². The van der Waals surface area contributed by atoms with Gasteiger partial charge in [-0.3, -0.25) is 0 Å². The van der Waals surface area contributed by atoms with Gasteiger partial charge in [-0.1, -0.05) is 0 Å². The number of piperidine rings is 1. The van der Waals surface area contributed by atoms with Gasteiger partial charge in [0, 0.05) is 39.0 Å². The molecule has 0 amide bonds. The molecular formula is C15H24N4O2. The Kier molecular flexibility index (Phi) is 4.87. The van der Waals surface area contributed by atoms with Gasteiger partial charge in [0.25, 0.3) is 0 Å². The molecule has 0 aromatic carbocycles. The lowest BCUT2D eigenvalue weighted by Crippen LogP contribution is -2.38. The Morgan fingerprint density at radius 1 is 1.33 bits per heavy atom. The molecule has 0 unspecified atom stereocenters. The zero-order chi connectivity index (χ0) is 14.5. The van der Waals surface area contributed by atoms with Crippen LogP contribution in [-0.2, 0) is 4.74 Å². The Bertz CT molecular complexity index is 451. The summed E-state index contributed by atoms with van der Waals surface area (Å²) < 4.78 is 5.37. The zero-order valence-corrected chi connectivity index (χ0v) is 12.4. The Balaban J connectivity index is 1.57. The maximum Gasteiger partial charge on any atom is 0.224 e. The standard InChI is InChI=1S/C15H24N4O2/c20-13-2-1-7-19(11-13)14-3-6-16-15(18-14)17-10-12-4-8-21-9-5-12/h3,6,12-13,20H,1-2,4-5,7-11H2,(H,16,17,18)/t13-/m0/s1. The maximum absolute atomic E-state index is 9.77. The summed E-state index contributed by atoms with van der Waals surface area (Å²) in [4.78, 5) is 11.0. The van der Waals surface area contributed by atoms with Gasteiger partial charge in [0.05, 0.1) is 6.10 Å². The molecule has 21 heavy (non-hydrogen) atoms. The number of nitrogens with zero attached hydrogens (tertiary/aromatic N) is 3. The second-order valence-corrected chi connectivity index (χ2v) is 5.92. The van der Waals surface area contributed by atoms with Crippen LogP contribution in [0, 0.1) is 5.92 Å². The fourth-order valence-corrected chi connectivity index (χ4v) is 2.96. The van der Waals surface area contributed by atoms with Crippen LogP contribution in [-0.4, -0.2) is 54.0 Å². The van der Waals surface area contributed by atoms with Gasteiger partial charge >= 0.3 is 0 Å². The number of hydrogen-bond acceptors (Lipinski definition) is 6. The van der Waals surface area contributed by atoms with Crippen LogP contribution in [0.2, 0.25) is 0 Å². The number of nitrogens with one attached hydrogen (secondary N) is 1. The number of aliphatic hydroxyl groups is 1. The summed E-state index contributed by atoms with van der Waals surface area (Å²) in [6.07, 6.45) is 5.64. The van der Waals surface area contributed by atoms with Crippen molar-refractivity contribution in [3.8, 4) is 0 Å². The van der Waals surface area contributed by atoms with Crippen molar-refractivity contribution in [1.82, 2.24) is 9.97 Å². The molecule has 3 rings (SSSR count). The highest BCUT2D eigenvalue weighted by Gasteiger charge is 2.19. The first-order valence-corrected chi connectivity index (χ1v) is 7.89. The molecule has 116 valence electrons. The summed E-state index contributed by atoms with van der Waals surface area (Å²) in [6, 6.07) is 1.91. The number of aromatic nitrogens is 2. The van der Waals surface area contributed by atoms with Gasteiger partial charge in [0.15, 0.2) is 0 Å². The fraction of sp³-hybridized carbons (Fsp3) is 0.733. The van der Waals surface area contributed by atoms with Crippen LogP contribution in [0.4, 0.5) is 11.8 Å². The van der Waals surface area contributed by atoms with Crippen LogP contribution < -0.4 is 10.2 Å². The minimum atomic E-state index is -0.243. The summed E-state index contributed by atoms with van der Waals surface area (Å²) in [7, 11) is 0. The summed E-state index contributed by atoms with van der Waals surface area (Å²) in [5.41, 5.74) is 0. The third-order valence-electron chi connectivity index (χ3n) is 4.25. The first kappa shape index (κ1) is 14.5. The lowest BCUT2D eigenvalue weighted by Gasteiger charge is -2.31. The van der Waals surface area contributed by atoms with Crippen molar-refractivity contribution < 1.29 is 9.84 Å². The predicted octanol–water partition coefficient (Wildman–Crippen LogP) is 1.28. The van der Waals surface area contributed by atoms with Crippen molar-refractivity contribution in [2.45, 2.75) is 31.8 Å². The Morgan fingerprint density at radius 2 is 2.19 bits per heavy atom. The summed E-state index contributed by atoms with van der Waals surface area (Å²) in [5.74, 6) is 2.22. The van der Waals surface area contributed by atoms with E-state index in [4.69, 9.17) is 4.74 Å². The number of β-amino-alcohol motifs (C(OH)–C–C–N with tert-alkyl or cyclic N) is 1. The van der Waals surface area contributed by atoms with Gasteiger partial charge in [-0.05, 0) is 37.7 Å². The van der Waals surface area contributed by atoms with Crippen molar-refractivity contribution in [3.63, 3.8) is 0 Å². The largest absolute Gasteiger partial charge is 0.391 e. The molecule has 2 saturated heterocycles. The normalized spacial score (nSPS) is 24.0. The topological polar surface area (TPSA) is 70.5 Å². The maximum atomic E-state index is 9.77. The van der Waals surface area contributed by atoms with E-state index in [0.717, 1.165) is 57.8 Å². The van der Waals surface area contributed by atoms with E-state index >= 15 is 0 Å². The van der Waals surface area contributed by atoms with Crippen LogP contribution in [0.3, 0.4) is 0 Å². The molecule has 0 spiro atoms. The Hall–Kier alpha value is -1.40. The number of ether oxygens (including phenoxy) is 1. The molecular weight excluding hydrogens is 268 g/mol. The van der Waals surface area contributed by atoms with E-state index in [0.29, 0.717) is 18.4 Å². The molecule has 2 aliphatic rings. The molecule has 1 atom stereocenters. The van der Waals surface area contributed by atoms with Crippen molar-refractivity contribution in [3.05, 3.63) is 12.3 Å². The van der Waals surface area contributed by atoms with Gasteiger partial charge in [0.1, 0.15) is 5.82 Å². The highest BCUT2D eigenvalue weighted by molar-refractivity contribution is 5.43. The first-order chi connectivity index (χ1) is 10.3. The average Bonchev–Trinajstić information content (AvgIpc) is 2.54. The van der Waals surface area contributed by atoms with Gasteiger partial charge in [-0.2, -0.15) is 4.98 Å². The molecule has 0 radical (unpaired) electrons. The lowest BCUT2D eigenvalue weighted by atomic mass is 10.0. The van der Waals surface area contributed by atoms with Crippen LogP contribution in [0.15, 0.2) is 12.3 Å². The molecule has 1 aromatic rings. The van der Waals surface area contributed by atoms with Crippen molar-refractivity contribution in [2.75, 3.05) is 43.1 Å². The molecule has 6 nitrogen and oxygen atoms in total.